The largest absolute Gasteiger partial charge is 0.494 e. The highest BCUT2D eigenvalue weighted by Gasteiger charge is 2.13. The van der Waals surface area contributed by atoms with E-state index in [2.05, 4.69) is 50.5 Å². The van der Waals surface area contributed by atoms with E-state index in [0.29, 0.717) is 24.6 Å². The zero-order chi connectivity index (χ0) is 20.7. The number of thiocarbonyl (C=S) groups is 1. The van der Waals surface area contributed by atoms with Gasteiger partial charge in [-0.25, -0.2) is 0 Å². The van der Waals surface area contributed by atoms with Gasteiger partial charge in [0.1, 0.15) is 5.75 Å². The van der Waals surface area contributed by atoms with E-state index < -0.39 is 0 Å². The third-order valence-electron chi connectivity index (χ3n) is 4.55. The van der Waals surface area contributed by atoms with Crippen LogP contribution >= 0.6 is 12.2 Å². The van der Waals surface area contributed by atoms with Crippen molar-refractivity contribution in [2.75, 3.05) is 11.9 Å². The maximum Gasteiger partial charge on any atom is 0.226 e. The number of nitrogens with one attached hydrogen (secondary N) is 2. The van der Waals surface area contributed by atoms with Crippen LogP contribution in [0.1, 0.15) is 50.3 Å². The number of hydrogen-bond acceptors (Lipinski definition) is 3. The Labute approximate surface area is 173 Å². The molecule has 0 aliphatic rings. The fourth-order valence-corrected chi connectivity index (χ4v) is 2.88. The number of carbonyl (C=O) groups is 1. The van der Waals surface area contributed by atoms with Crippen LogP contribution in [0.5, 0.6) is 5.75 Å². The number of anilines is 1. The van der Waals surface area contributed by atoms with Gasteiger partial charge in [0.25, 0.3) is 0 Å². The average molecular weight is 399 g/mol. The molecular formula is C23H30N2O2S. The summed E-state index contributed by atoms with van der Waals surface area (Å²) in [5.41, 5.74) is 4.65. The summed E-state index contributed by atoms with van der Waals surface area (Å²) in [6.07, 6.45) is 0.980. The molecule has 4 nitrogen and oxygen atoms in total. The van der Waals surface area contributed by atoms with E-state index in [1.165, 1.54) is 16.7 Å². The van der Waals surface area contributed by atoms with Crippen molar-refractivity contribution in [1.29, 1.82) is 0 Å². The summed E-state index contributed by atoms with van der Waals surface area (Å²) in [4.78, 5) is 12.0. The van der Waals surface area contributed by atoms with E-state index in [9.17, 15) is 4.79 Å². The van der Waals surface area contributed by atoms with Crippen molar-refractivity contribution in [1.82, 2.24) is 5.32 Å². The molecule has 0 aliphatic carbocycles. The topological polar surface area (TPSA) is 50.4 Å². The highest BCUT2D eigenvalue weighted by molar-refractivity contribution is 7.80. The molecule has 1 amide bonds. The van der Waals surface area contributed by atoms with Crippen LogP contribution in [0.25, 0.3) is 0 Å². The van der Waals surface area contributed by atoms with E-state index >= 15 is 0 Å². The molecular weight excluding hydrogens is 368 g/mol. The second-order valence-electron chi connectivity index (χ2n) is 8.03. The number of hydrogen-bond donors (Lipinski definition) is 2. The molecule has 2 aromatic carbocycles. The normalized spacial score (nSPS) is 11.0. The molecule has 28 heavy (non-hydrogen) atoms. The number of carbonyl (C=O) groups excluding carboxylic acids is 1. The van der Waals surface area contributed by atoms with Crippen molar-refractivity contribution in [3.05, 3.63) is 59.2 Å². The average Bonchev–Trinajstić information content (AvgIpc) is 2.61. The first-order chi connectivity index (χ1) is 13.1. The molecule has 0 bridgehead atoms. The molecule has 5 heteroatoms. The first kappa shape index (κ1) is 21.9. The molecule has 0 atom stereocenters. The smallest absolute Gasteiger partial charge is 0.226 e. The van der Waals surface area contributed by atoms with Gasteiger partial charge in [0, 0.05) is 12.1 Å². The Bertz CT molecular complexity index is 823. The van der Waals surface area contributed by atoms with Crippen LogP contribution in [-0.4, -0.2) is 17.6 Å². The Kier molecular flexibility index (Phi) is 7.58. The van der Waals surface area contributed by atoms with Crippen LogP contribution in [0.2, 0.25) is 0 Å². The van der Waals surface area contributed by atoms with E-state index in [1.54, 1.807) is 0 Å². The summed E-state index contributed by atoms with van der Waals surface area (Å²) >= 11 is 5.21. The summed E-state index contributed by atoms with van der Waals surface area (Å²) < 4.78 is 5.72. The highest BCUT2D eigenvalue weighted by atomic mass is 32.1. The molecule has 0 aliphatic heterocycles. The van der Waals surface area contributed by atoms with Gasteiger partial charge in [-0.1, -0.05) is 39.0 Å². The van der Waals surface area contributed by atoms with Gasteiger partial charge in [-0.2, -0.15) is 0 Å². The van der Waals surface area contributed by atoms with Gasteiger partial charge >= 0.3 is 0 Å². The van der Waals surface area contributed by atoms with Crippen molar-refractivity contribution in [2.24, 2.45) is 0 Å². The van der Waals surface area contributed by atoms with Crippen LogP contribution in [0.4, 0.5) is 5.69 Å². The molecule has 0 aromatic heterocycles. The molecule has 2 rings (SSSR count). The quantitative estimate of drug-likeness (QED) is 0.514. The van der Waals surface area contributed by atoms with Crippen LogP contribution in [0.3, 0.4) is 0 Å². The zero-order valence-electron chi connectivity index (χ0n) is 17.4. The second-order valence-corrected chi connectivity index (χ2v) is 8.44. The lowest BCUT2D eigenvalue weighted by Crippen LogP contribution is -2.34. The molecule has 0 unspecified atom stereocenters. The van der Waals surface area contributed by atoms with Crippen LogP contribution in [0, 0.1) is 13.8 Å². The lowest BCUT2D eigenvalue weighted by molar-refractivity contribution is -0.119. The van der Waals surface area contributed by atoms with Gasteiger partial charge in [-0.05, 0) is 78.9 Å². The van der Waals surface area contributed by atoms with Crippen molar-refractivity contribution in [2.45, 2.75) is 52.9 Å². The Morgan fingerprint density at radius 3 is 2.32 bits per heavy atom. The van der Waals surface area contributed by atoms with Crippen LogP contribution < -0.4 is 15.4 Å². The Balaban J connectivity index is 1.69. The molecule has 0 saturated heterocycles. The minimum absolute atomic E-state index is 0.118. The molecule has 0 heterocycles. The maximum atomic E-state index is 12.0. The molecule has 2 aromatic rings. The second kappa shape index (κ2) is 9.69. The zero-order valence-corrected chi connectivity index (χ0v) is 18.2. The van der Waals surface area contributed by atoms with E-state index in [4.69, 9.17) is 17.0 Å². The monoisotopic (exact) mass is 398 g/mol. The fraction of sp³-hybridized carbons (Fsp3) is 0.391. The number of amides is 1. The maximum absolute atomic E-state index is 12.0. The lowest BCUT2D eigenvalue weighted by atomic mass is 9.87. The first-order valence-corrected chi connectivity index (χ1v) is 9.97. The summed E-state index contributed by atoms with van der Waals surface area (Å²) in [6, 6.07) is 14.1. The third kappa shape index (κ3) is 6.97. The van der Waals surface area contributed by atoms with E-state index in [0.717, 1.165) is 11.4 Å². The number of aryl methyl sites for hydroxylation is 2. The van der Waals surface area contributed by atoms with E-state index in [-0.39, 0.29) is 11.3 Å². The Hall–Kier alpha value is -2.40. The minimum atomic E-state index is -0.118. The van der Waals surface area contributed by atoms with Crippen molar-refractivity contribution in [3.63, 3.8) is 0 Å². The molecule has 0 saturated carbocycles. The third-order valence-corrected chi connectivity index (χ3v) is 4.76. The van der Waals surface area contributed by atoms with Gasteiger partial charge < -0.3 is 15.4 Å². The van der Waals surface area contributed by atoms with Gasteiger partial charge in [-0.3, -0.25) is 4.79 Å². The predicted octanol–water partition coefficient (Wildman–Crippen LogP) is 5.27. The minimum Gasteiger partial charge on any atom is -0.494 e. The Morgan fingerprint density at radius 1 is 1.04 bits per heavy atom. The predicted molar refractivity (Wildman–Crippen MR) is 120 cm³/mol. The summed E-state index contributed by atoms with van der Waals surface area (Å²) in [5, 5.41) is 6.07. The lowest BCUT2D eigenvalue weighted by Gasteiger charge is -2.19. The molecule has 0 radical (unpaired) electrons. The molecule has 150 valence electrons. The number of rotatable bonds is 6. The molecule has 2 N–H and O–H groups in total. The van der Waals surface area contributed by atoms with Crippen LogP contribution in [0.15, 0.2) is 42.5 Å². The summed E-state index contributed by atoms with van der Waals surface area (Å²) in [7, 11) is 0. The van der Waals surface area contributed by atoms with Crippen molar-refractivity contribution < 1.29 is 9.53 Å². The molecule has 0 fully saturated rings. The van der Waals surface area contributed by atoms with Crippen molar-refractivity contribution >= 4 is 28.9 Å². The summed E-state index contributed by atoms with van der Waals surface area (Å²) in [5.74, 6) is 0.702. The van der Waals surface area contributed by atoms with E-state index in [1.807, 2.05) is 37.3 Å². The fourth-order valence-electron chi connectivity index (χ4n) is 2.64. The standard InChI is InChI=1S/C23H30N2O2S/c1-16-8-11-19(15-17(16)2)24-22(28)25-21(26)7-6-14-27-20-12-9-18(10-13-20)23(3,4)5/h8-13,15H,6-7,14H2,1-5H3,(H2,24,25,26,28). The number of benzene rings is 2. The summed E-state index contributed by atoms with van der Waals surface area (Å²) in [6.45, 7) is 11.1. The Morgan fingerprint density at radius 2 is 1.71 bits per heavy atom. The van der Waals surface area contributed by atoms with Gasteiger partial charge in [-0.15, -0.1) is 0 Å². The molecule has 0 spiro atoms. The van der Waals surface area contributed by atoms with Crippen molar-refractivity contribution in [3.8, 4) is 5.75 Å². The van der Waals surface area contributed by atoms with Gasteiger partial charge in [0.05, 0.1) is 6.61 Å². The first-order valence-electron chi connectivity index (χ1n) is 9.56. The SMILES string of the molecule is Cc1ccc(NC(=S)NC(=O)CCCOc2ccc(C(C)(C)C)cc2)cc1C. The number of ether oxygens (including phenoxy) is 1. The highest BCUT2D eigenvalue weighted by Crippen LogP contribution is 2.24. The van der Waals surface area contributed by atoms with Gasteiger partial charge in [0.2, 0.25) is 5.91 Å². The van der Waals surface area contributed by atoms with Gasteiger partial charge in [0.15, 0.2) is 5.11 Å². The van der Waals surface area contributed by atoms with Crippen LogP contribution in [-0.2, 0) is 10.2 Å².